The second kappa shape index (κ2) is 5.86. The molecule has 0 saturated heterocycles. The molecule has 0 saturated carbocycles. The van der Waals surface area contributed by atoms with Crippen molar-refractivity contribution in [3.63, 3.8) is 0 Å². The minimum absolute atomic E-state index is 0.0493. The molecule has 0 amide bonds. The van der Waals surface area contributed by atoms with Crippen LogP contribution >= 0.6 is 11.8 Å². The van der Waals surface area contributed by atoms with Gasteiger partial charge in [0.2, 0.25) is 0 Å². The molecule has 1 aromatic rings. The summed E-state index contributed by atoms with van der Waals surface area (Å²) in [5.74, 6) is 5.60. The summed E-state index contributed by atoms with van der Waals surface area (Å²) in [5, 5.41) is 10.4. The lowest BCUT2D eigenvalue weighted by molar-refractivity contribution is -0.386. The Labute approximate surface area is 101 Å². The molecule has 17 heavy (non-hydrogen) atoms. The van der Waals surface area contributed by atoms with Crippen molar-refractivity contribution in [2.75, 3.05) is 5.75 Å². The summed E-state index contributed by atoms with van der Waals surface area (Å²) in [7, 11) is 0. The lowest BCUT2D eigenvalue weighted by Crippen LogP contribution is -2.10. The number of carbonyl (C=O) groups is 1. The van der Waals surface area contributed by atoms with Gasteiger partial charge in [-0.2, -0.15) is 0 Å². The Kier molecular flexibility index (Phi) is 4.48. The molecule has 1 rings (SSSR count). The van der Waals surface area contributed by atoms with Crippen LogP contribution in [0.1, 0.15) is 12.5 Å². The van der Waals surface area contributed by atoms with Gasteiger partial charge < -0.3 is 4.98 Å². The van der Waals surface area contributed by atoms with E-state index in [0.29, 0.717) is 11.3 Å². The van der Waals surface area contributed by atoms with E-state index in [1.165, 1.54) is 13.1 Å². The molecule has 0 aliphatic rings. The maximum Gasteiger partial charge on any atom is 0.335 e. The van der Waals surface area contributed by atoms with E-state index in [9.17, 15) is 19.7 Å². The van der Waals surface area contributed by atoms with Crippen molar-refractivity contribution in [1.29, 1.82) is 0 Å². The number of hydrogen-bond donors (Lipinski definition) is 1. The van der Waals surface area contributed by atoms with Crippen LogP contribution in [-0.4, -0.2) is 20.8 Å². The number of rotatable bonds is 2. The van der Waals surface area contributed by atoms with Crippen LogP contribution in [0.25, 0.3) is 0 Å². The molecule has 0 spiro atoms. The summed E-state index contributed by atoms with van der Waals surface area (Å²) in [5.41, 5.74) is -0.977. The number of pyridine rings is 1. The van der Waals surface area contributed by atoms with Crippen LogP contribution in [0.2, 0.25) is 0 Å². The molecule has 0 radical (unpaired) electrons. The first-order chi connectivity index (χ1) is 8.00. The van der Waals surface area contributed by atoms with Crippen molar-refractivity contribution in [3.05, 3.63) is 38.3 Å². The predicted octanol–water partition coefficient (Wildman–Crippen LogP) is 0.914. The Morgan fingerprint density at radius 1 is 1.65 bits per heavy atom. The fourth-order valence-corrected chi connectivity index (χ4v) is 1.30. The normalized spacial score (nSPS) is 9.24. The van der Waals surface area contributed by atoms with Gasteiger partial charge in [0, 0.05) is 24.8 Å². The second-order valence-corrected chi connectivity index (χ2v) is 4.09. The topological polar surface area (TPSA) is 93.1 Å². The van der Waals surface area contributed by atoms with Gasteiger partial charge in [0.25, 0.3) is 0 Å². The molecule has 0 aliphatic carbocycles. The van der Waals surface area contributed by atoms with Gasteiger partial charge >= 0.3 is 11.2 Å². The number of hydrogen-bond acceptors (Lipinski definition) is 5. The van der Waals surface area contributed by atoms with Crippen LogP contribution < -0.4 is 5.56 Å². The second-order valence-electron chi connectivity index (χ2n) is 2.94. The van der Waals surface area contributed by atoms with Crippen molar-refractivity contribution in [2.24, 2.45) is 0 Å². The first kappa shape index (κ1) is 13.0. The van der Waals surface area contributed by atoms with E-state index in [-0.39, 0.29) is 5.12 Å². The standard InChI is InChI=1S/C10H8N2O4S/c1-7(13)17-4-2-3-8-5-9(12(15)16)10(14)11-6-8/h5-6H,4H2,1H3,(H,11,14). The van der Waals surface area contributed by atoms with E-state index in [0.717, 1.165) is 17.8 Å². The number of H-pyrrole nitrogens is 1. The lowest BCUT2D eigenvalue weighted by atomic mass is 10.2. The number of aromatic nitrogens is 1. The van der Waals surface area contributed by atoms with E-state index >= 15 is 0 Å². The number of carbonyl (C=O) groups excluding carboxylic acids is 1. The number of aromatic amines is 1. The van der Waals surface area contributed by atoms with E-state index in [4.69, 9.17) is 0 Å². The molecule has 88 valence electrons. The Balaban J connectivity index is 2.86. The molecule has 1 aromatic heterocycles. The van der Waals surface area contributed by atoms with Gasteiger partial charge in [-0.25, -0.2) is 0 Å². The summed E-state index contributed by atoms with van der Waals surface area (Å²) >= 11 is 1.05. The largest absolute Gasteiger partial charge is 0.335 e. The number of nitrogens with one attached hydrogen (secondary N) is 1. The summed E-state index contributed by atoms with van der Waals surface area (Å²) in [6.07, 6.45) is 1.29. The zero-order valence-electron chi connectivity index (χ0n) is 8.85. The molecule has 0 unspecified atom stereocenters. The van der Waals surface area contributed by atoms with Crippen LogP contribution in [0.3, 0.4) is 0 Å². The predicted molar refractivity (Wildman–Crippen MR) is 63.7 cm³/mol. The van der Waals surface area contributed by atoms with Gasteiger partial charge in [-0.15, -0.1) is 0 Å². The van der Waals surface area contributed by atoms with E-state index in [2.05, 4.69) is 16.8 Å². The summed E-state index contributed by atoms with van der Waals surface area (Å²) in [4.78, 5) is 33.6. The molecule has 1 heterocycles. The SMILES string of the molecule is CC(=O)SCC#Cc1c[nH]c(=O)c([N+](=O)[O-])c1. The van der Waals surface area contributed by atoms with Crippen LogP contribution in [0.4, 0.5) is 5.69 Å². The first-order valence-electron chi connectivity index (χ1n) is 4.50. The van der Waals surface area contributed by atoms with Gasteiger partial charge in [-0.05, 0) is 0 Å². The average Bonchev–Trinajstić information content (AvgIpc) is 2.25. The molecule has 0 aromatic carbocycles. The smallest absolute Gasteiger partial charge is 0.322 e. The highest BCUT2D eigenvalue weighted by atomic mass is 32.2. The van der Waals surface area contributed by atoms with Crippen LogP contribution in [0.15, 0.2) is 17.1 Å². The van der Waals surface area contributed by atoms with Gasteiger partial charge in [0.15, 0.2) is 5.12 Å². The molecule has 0 bridgehead atoms. The van der Waals surface area contributed by atoms with E-state index in [1.54, 1.807) is 0 Å². The Morgan fingerprint density at radius 3 is 2.94 bits per heavy atom. The van der Waals surface area contributed by atoms with Crippen LogP contribution in [-0.2, 0) is 4.79 Å². The Hall–Kier alpha value is -2.07. The third kappa shape index (κ3) is 4.12. The minimum atomic E-state index is -0.770. The third-order valence-electron chi connectivity index (χ3n) is 1.66. The fourth-order valence-electron chi connectivity index (χ4n) is 0.955. The molecule has 6 nitrogen and oxygen atoms in total. The van der Waals surface area contributed by atoms with Crippen LogP contribution in [0.5, 0.6) is 0 Å². The van der Waals surface area contributed by atoms with Crippen LogP contribution in [0, 0.1) is 22.0 Å². The quantitative estimate of drug-likeness (QED) is 0.480. The molecule has 0 atom stereocenters. The maximum atomic E-state index is 11.0. The number of nitrogens with zero attached hydrogens (tertiary/aromatic N) is 1. The number of thioether (sulfide) groups is 1. The van der Waals surface area contributed by atoms with Gasteiger partial charge in [-0.1, -0.05) is 23.6 Å². The first-order valence-corrected chi connectivity index (χ1v) is 5.48. The molecular formula is C10H8N2O4S. The highest BCUT2D eigenvalue weighted by molar-refractivity contribution is 8.13. The summed E-state index contributed by atoms with van der Waals surface area (Å²) < 4.78 is 0. The van der Waals surface area contributed by atoms with Gasteiger partial charge in [0.1, 0.15) is 0 Å². The zero-order chi connectivity index (χ0) is 12.8. The van der Waals surface area contributed by atoms with Crippen molar-refractivity contribution >= 4 is 22.6 Å². The zero-order valence-corrected chi connectivity index (χ0v) is 9.67. The Morgan fingerprint density at radius 2 is 2.35 bits per heavy atom. The number of nitro groups is 1. The molecule has 0 aliphatic heterocycles. The van der Waals surface area contributed by atoms with Gasteiger partial charge in [-0.3, -0.25) is 19.7 Å². The van der Waals surface area contributed by atoms with Crippen molar-refractivity contribution in [1.82, 2.24) is 4.98 Å². The molecule has 1 N–H and O–H groups in total. The van der Waals surface area contributed by atoms with Gasteiger partial charge in [0.05, 0.1) is 10.7 Å². The lowest BCUT2D eigenvalue weighted by Gasteiger charge is -1.91. The summed E-state index contributed by atoms with van der Waals surface area (Å²) in [6, 6.07) is 1.10. The van der Waals surface area contributed by atoms with Crippen molar-refractivity contribution < 1.29 is 9.72 Å². The highest BCUT2D eigenvalue weighted by Gasteiger charge is 2.11. The third-order valence-corrected chi connectivity index (χ3v) is 2.36. The average molecular weight is 252 g/mol. The van der Waals surface area contributed by atoms with Crippen molar-refractivity contribution in [2.45, 2.75) is 6.92 Å². The maximum absolute atomic E-state index is 11.0. The molecule has 0 fully saturated rings. The Bertz CT molecular complexity index is 568. The van der Waals surface area contributed by atoms with E-state index in [1.807, 2.05) is 0 Å². The highest BCUT2D eigenvalue weighted by Crippen LogP contribution is 2.05. The minimum Gasteiger partial charge on any atom is -0.322 e. The summed E-state index contributed by atoms with van der Waals surface area (Å²) in [6.45, 7) is 1.43. The fraction of sp³-hybridized carbons (Fsp3) is 0.200. The van der Waals surface area contributed by atoms with E-state index < -0.39 is 16.2 Å². The molecule has 7 heteroatoms. The molecular weight excluding hydrogens is 244 g/mol. The van der Waals surface area contributed by atoms with Crippen molar-refractivity contribution in [3.8, 4) is 11.8 Å². The monoisotopic (exact) mass is 252 g/mol.